The van der Waals surface area contributed by atoms with Crippen molar-refractivity contribution >= 4 is 11.8 Å². The van der Waals surface area contributed by atoms with Crippen LogP contribution in [0, 0.1) is 17.5 Å². The van der Waals surface area contributed by atoms with Crippen LogP contribution in [0.5, 0.6) is 0 Å². The maximum absolute atomic E-state index is 13.9. The van der Waals surface area contributed by atoms with E-state index in [1.807, 2.05) is 66.9 Å². The third kappa shape index (κ3) is 5.36. The van der Waals surface area contributed by atoms with Crippen molar-refractivity contribution in [2.24, 2.45) is 0 Å². The molecule has 0 aliphatic heterocycles. The van der Waals surface area contributed by atoms with Gasteiger partial charge in [-0.15, -0.1) is 11.8 Å². The molecular weight excluding hydrogens is 491 g/mol. The van der Waals surface area contributed by atoms with Gasteiger partial charge in [-0.2, -0.15) is 0 Å². The monoisotopic (exact) mass is 515 g/mol. The summed E-state index contributed by atoms with van der Waals surface area (Å²) in [5, 5.41) is 0. The van der Waals surface area contributed by atoms with Gasteiger partial charge in [0.2, 0.25) is 0 Å². The predicted octanol–water partition coefficient (Wildman–Crippen LogP) is 8.23. The Labute approximate surface area is 218 Å². The molecule has 6 heteroatoms. The molecule has 0 radical (unpaired) electrons. The summed E-state index contributed by atoms with van der Waals surface area (Å²) < 4.78 is 45.7. The minimum atomic E-state index is -1.22. The van der Waals surface area contributed by atoms with Crippen molar-refractivity contribution in [3.63, 3.8) is 0 Å². The molecule has 0 saturated heterocycles. The number of hydrogen-bond acceptors (Lipinski definition) is 2. The maximum atomic E-state index is 13.9. The van der Waals surface area contributed by atoms with Gasteiger partial charge < -0.3 is 9.72 Å². The summed E-state index contributed by atoms with van der Waals surface area (Å²) in [7, 11) is 0. The lowest BCUT2D eigenvalue weighted by Gasteiger charge is -2.35. The second-order valence-electron chi connectivity index (χ2n) is 8.59. The van der Waals surface area contributed by atoms with E-state index in [1.165, 1.54) is 0 Å². The molecule has 0 fully saturated rings. The number of nitrogens with one attached hydrogen (secondary N) is 1. The topological polar surface area (TPSA) is 25.0 Å². The standard InChI is InChI=1S/C31H24F3NOS/c32-28-18-30(34)29(33)16-22(28)20-36-21-26-17-27(19-35-26)37-31(23-10-4-1-5-11-23,24-12-6-2-7-13-24)25-14-8-3-9-15-25/h1-19,35H,20-21H2. The van der Waals surface area contributed by atoms with E-state index in [1.54, 1.807) is 11.8 Å². The molecule has 0 unspecified atom stereocenters. The summed E-state index contributed by atoms with van der Waals surface area (Å²) >= 11 is 1.71. The molecule has 4 aromatic carbocycles. The molecule has 1 N–H and O–H groups in total. The summed E-state index contributed by atoms with van der Waals surface area (Å²) in [6.07, 6.45) is 1.92. The van der Waals surface area contributed by atoms with Gasteiger partial charge in [0.1, 0.15) is 5.82 Å². The van der Waals surface area contributed by atoms with Crippen molar-refractivity contribution in [1.29, 1.82) is 0 Å². The number of benzene rings is 4. The number of aromatic amines is 1. The molecule has 0 saturated carbocycles. The molecule has 1 heterocycles. The van der Waals surface area contributed by atoms with Crippen LogP contribution < -0.4 is 0 Å². The zero-order chi connectivity index (χ0) is 25.7. The van der Waals surface area contributed by atoms with Gasteiger partial charge in [-0.3, -0.25) is 0 Å². The maximum Gasteiger partial charge on any atom is 0.161 e. The molecule has 1 aromatic heterocycles. The fourth-order valence-corrected chi connectivity index (χ4v) is 5.81. The van der Waals surface area contributed by atoms with Crippen molar-refractivity contribution in [2.75, 3.05) is 0 Å². The van der Waals surface area contributed by atoms with Crippen LogP contribution in [0.4, 0.5) is 13.2 Å². The van der Waals surface area contributed by atoms with Crippen molar-refractivity contribution in [1.82, 2.24) is 4.98 Å². The molecule has 5 rings (SSSR count). The first-order valence-electron chi connectivity index (χ1n) is 11.8. The van der Waals surface area contributed by atoms with E-state index in [0.717, 1.165) is 33.3 Å². The average Bonchev–Trinajstić information content (AvgIpc) is 3.38. The molecule has 0 bridgehead atoms. The Balaban J connectivity index is 1.43. The van der Waals surface area contributed by atoms with E-state index in [9.17, 15) is 13.2 Å². The lowest BCUT2D eigenvalue weighted by atomic mass is 9.84. The minimum Gasteiger partial charge on any atom is -0.370 e. The van der Waals surface area contributed by atoms with Gasteiger partial charge >= 0.3 is 0 Å². The molecular formula is C31H24F3NOS. The van der Waals surface area contributed by atoms with Crippen LogP contribution >= 0.6 is 11.8 Å². The van der Waals surface area contributed by atoms with Crippen LogP contribution in [0.15, 0.2) is 120 Å². The third-order valence-corrected chi connectivity index (χ3v) is 7.62. The Hall–Kier alpha value is -3.74. The summed E-state index contributed by atoms with van der Waals surface area (Å²) in [6.45, 7) is -0.0134. The number of rotatable bonds is 9. The lowest BCUT2D eigenvalue weighted by Crippen LogP contribution is -2.25. The first-order chi connectivity index (χ1) is 18.1. The van der Waals surface area contributed by atoms with Crippen molar-refractivity contribution in [3.05, 3.63) is 161 Å². The van der Waals surface area contributed by atoms with Crippen LogP contribution in [0.1, 0.15) is 27.9 Å². The Morgan fingerprint density at radius 3 is 1.68 bits per heavy atom. The van der Waals surface area contributed by atoms with Gasteiger partial charge in [-0.05, 0) is 28.8 Å². The second-order valence-corrected chi connectivity index (χ2v) is 9.88. The Bertz CT molecular complexity index is 1360. The van der Waals surface area contributed by atoms with Gasteiger partial charge in [0.15, 0.2) is 11.6 Å². The fraction of sp³-hybridized carbons (Fsp3) is 0.0968. The summed E-state index contributed by atoms with van der Waals surface area (Å²) in [6, 6.07) is 34.5. The summed E-state index contributed by atoms with van der Waals surface area (Å²) in [4.78, 5) is 4.23. The Morgan fingerprint density at radius 1 is 0.622 bits per heavy atom. The first-order valence-corrected chi connectivity index (χ1v) is 12.6. The van der Waals surface area contributed by atoms with E-state index < -0.39 is 22.2 Å². The van der Waals surface area contributed by atoms with Gasteiger partial charge in [0, 0.05) is 28.4 Å². The third-order valence-electron chi connectivity index (χ3n) is 6.13. The number of halogens is 3. The predicted molar refractivity (Wildman–Crippen MR) is 141 cm³/mol. The molecule has 0 atom stereocenters. The van der Waals surface area contributed by atoms with E-state index in [4.69, 9.17) is 4.74 Å². The van der Waals surface area contributed by atoms with Crippen LogP contribution in [0.3, 0.4) is 0 Å². The highest BCUT2D eigenvalue weighted by Crippen LogP contribution is 2.51. The smallest absolute Gasteiger partial charge is 0.161 e. The number of H-pyrrole nitrogens is 1. The average molecular weight is 516 g/mol. The first kappa shape index (κ1) is 24.9. The van der Waals surface area contributed by atoms with E-state index in [0.29, 0.717) is 6.07 Å². The minimum absolute atomic E-state index is 0.0312. The lowest BCUT2D eigenvalue weighted by molar-refractivity contribution is 0.102. The van der Waals surface area contributed by atoms with Gasteiger partial charge in [-0.1, -0.05) is 91.0 Å². The van der Waals surface area contributed by atoms with E-state index in [-0.39, 0.29) is 18.8 Å². The molecule has 0 amide bonds. The SMILES string of the molecule is Fc1cc(F)c(COCc2cc(SC(c3ccccc3)(c3ccccc3)c3ccccc3)c[nH]2)cc1F. The molecule has 37 heavy (non-hydrogen) atoms. The number of hydrogen-bond donors (Lipinski definition) is 1. The van der Waals surface area contributed by atoms with Gasteiger partial charge in [0.25, 0.3) is 0 Å². The van der Waals surface area contributed by atoms with Crippen molar-refractivity contribution < 1.29 is 17.9 Å². The Kier molecular flexibility index (Phi) is 7.49. The number of aromatic nitrogens is 1. The largest absolute Gasteiger partial charge is 0.370 e. The highest BCUT2D eigenvalue weighted by Gasteiger charge is 2.37. The highest BCUT2D eigenvalue weighted by atomic mass is 32.2. The van der Waals surface area contributed by atoms with Gasteiger partial charge in [0.05, 0.1) is 18.0 Å². The van der Waals surface area contributed by atoms with E-state index in [2.05, 4.69) is 41.4 Å². The number of ether oxygens (including phenoxy) is 1. The van der Waals surface area contributed by atoms with Crippen LogP contribution in [-0.4, -0.2) is 4.98 Å². The number of thioether (sulfide) groups is 1. The summed E-state index contributed by atoms with van der Waals surface area (Å²) in [5.41, 5.74) is 4.19. The summed E-state index contributed by atoms with van der Waals surface area (Å²) in [5.74, 6) is -3.15. The molecule has 5 aromatic rings. The zero-order valence-corrected chi connectivity index (χ0v) is 20.7. The normalized spacial score (nSPS) is 11.5. The fourth-order valence-electron chi connectivity index (χ4n) is 4.38. The van der Waals surface area contributed by atoms with Crippen LogP contribution in [0.25, 0.3) is 0 Å². The molecule has 0 aliphatic carbocycles. The molecule has 0 spiro atoms. The molecule has 186 valence electrons. The Morgan fingerprint density at radius 2 is 1.14 bits per heavy atom. The van der Waals surface area contributed by atoms with E-state index >= 15 is 0 Å². The van der Waals surface area contributed by atoms with Crippen molar-refractivity contribution in [3.8, 4) is 0 Å². The zero-order valence-electron chi connectivity index (χ0n) is 19.8. The van der Waals surface area contributed by atoms with Gasteiger partial charge in [-0.25, -0.2) is 13.2 Å². The quantitative estimate of drug-likeness (QED) is 0.122. The molecule has 2 nitrogen and oxygen atoms in total. The van der Waals surface area contributed by atoms with Crippen LogP contribution in [0.2, 0.25) is 0 Å². The molecule has 0 aliphatic rings. The highest BCUT2D eigenvalue weighted by molar-refractivity contribution is 8.00. The van der Waals surface area contributed by atoms with Crippen LogP contribution in [-0.2, 0) is 22.7 Å². The second kappa shape index (κ2) is 11.1. The van der Waals surface area contributed by atoms with Crippen molar-refractivity contribution in [2.45, 2.75) is 22.9 Å².